The van der Waals surface area contributed by atoms with Crippen LogP contribution in [0.3, 0.4) is 0 Å². The van der Waals surface area contributed by atoms with Crippen LogP contribution in [0.5, 0.6) is 5.75 Å². The van der Waals surface area contributed by atoms with Gasteiger partial charge in [-0.15, -0.1) is 0 Å². The van der Waals surface area contributed by atoms with Gasteiger partial charge >= 0.3 is 0 Å². The van der Waals surface area contributed by atoms with Crippen LogP contribution in [0.4, 0.5) is 5.69 Å². The number of nitrogens with two attached hydrogens (primary N) is 1. The fourth-order valence-electron chi connectivity index (χ4n) is 2.04. The van der Waals surface area contributed by atoms with Gasteiger partial charge < -0.3 is 20.8 Å². The van der Waals surface area contributed by atoms with Gasteiger partial charge in [0, 0.05) is 22.0 Å². The molecule has 2 aromatic carbocycles. The number of nitrogen functional groups attached to an aromatic ring is 1. The van der Waals surface area contributed by atoms with Gasteiger partial charge in [-0.2, -0.15) is 0 Å². The quantitative estimate of drug-likeness (QED) is 0.741. The molecule has 0 aromatic heterocycles. The maximum Gasteiger partial charge on any atom is 0.115 e. The molecule has 4 N–H and O–H groups in total. The minimum atomic E-state index is -0.0137. The van der Waals surface area contributed by atoms with Crippen molar-refractivity contribution < 1.29 is 10.2 Å². The molecule has 2 rings (SSSR count). The van der Waals surface area contributed by atoms with E-state index in [9.17, 15) is 5.11 Å². The summed E-state index contributed by atoms with van der Waals surface area (Å²) in [6, 6.07) is 10.9. The molecule has 0 aliphatic rings. The summed E-state index contributed by atoms with van der Waals surface area (Å²) >= 11 is 1.57. The average Bonchev–Trinajstić information content (AvgIpc) is 2.43. The second kappa shape index (κ2) is 6.85. The first-order chi connectivity index (χ1) is 9.99. The molecule has 5 heteroatoms. The number of aromatic hydroxyl groups is 1. The Morgan fingerprint density at radius 1 is 1.10 bits per heavy atom. The molecule has 0 atom stereocenters. The third-order valence-electron chi connectivity index (χ3n) is 3.01. The van der Waals surface area contributed by atoms with Crippen molar-refractivity contribution in [3.8, 4) is 5.75 Å². The number of phenols is 1. The highest BCUT2D eigenvalue weighted by atomic mass is 32.2. The molecule has 0 aliphatic heterocycles. The molecule has 0 unspecified atom stereocenters. The van der Waals surface area contributed by atoms with Crippen LogP contribution < -0.4 is 5.73 Å². The second-order valence-corrected chi connectivity index (χ2v) is 6.25. The Bertz CT molecular complexity index is 630. The van der Waals surface area contributed by atoms with E-state index in [-0.39, 0.29) is 12.4 Å². The van der Waals surface area contributed by atoms with Crippen molar-refractivity contribution in [1.82, 2.24) is 4.90 Å². The Morgan fingerprint density at radius 2 is 1.81 bits per heavy atom. The highest BCUT2D eigenvalue weighted by Crippen LogP contribution is 2.36. The van der Waals surface area contributed by atoms with Crippen LogP contribution >= 0.6 is 11.8 Å². The van der Waals surface area contributed by atoms with Crippen LogP contribution in [0.1, 0.15) is 11.1 Å². The first-order valence-electron chi connectivity index (χ1n) is 6.63. The normalized spacial score (nSPS) is 11.0. The summed E-state index contributed by atoms with van der Waals surface area (Å²) in [6.07, 6.45) is 0. The first-order valence-corrected chi connectivity index (χ1v) is 7.45. The van der Waals surface area contributed by atoms with Crippen molar-refractivity contribution in [3.05, 3.63) is 47.5 Å². The van der Waals surface area contributed by atoms with E-state index >= 15 is 0 Å². The van der Waals surface area contributed by atoms with E-state index in [0.29, 0.717) is 5.69 Å². The lowest BCUT2D eigenvalue weighted by molar-refractivity contribution is 0.282. The minimum Gasteiger partial charge on any atom is -0.508 e. The number of aliphatic hydroxyl groups excluding tert-OH is 1. The average molecular weight is 304 g/mol. The first kappa shape index (κ1) is 15.7. The standard InChI is InChI=1S/C16H20N2O2S/c1-18(2)9-12-8-13(20)4-6-15(12)21-16-5-3-11(10-19)7-14(16)17/h3-8,19-20H,9-10,17H2,1-2H3. The van der Waals surface area contributed by atoms with E-state index in [2.05, 4.69) is 4.90 Å². The molecule has 2 aromatic rings. The molecule has 112 valence electrons. The third kappa shape index (κ3) is 4.14. The van der Waals surface area contributed by atoms with Crippen LogP contribution in [0.2, 0.25) is 0 Å². The van der Waals surface area contributed by atoms with Gasteiger partial charge in [0.1, 0.15) is 5.75 Å². The number of rotatable bonds is 5. The lowest BCUT2D eigenvalue weighted by atomic mass is 10.2. The molecule has 0 aliphatic carbocycles. The Morgan fingerprint density at radius 3 is 2.43 bits per heavy atom. The van der Waals surface area contributed by atoms with Crippen molar-refractivity contribution in [1.29, 1.82) is 0 Å². The molecule has 4 nitrogen and oxygen atoms in total. The molecule has 0 spiro atoms. The van der Waals surface area contributed by atoms with Crippen molar-refractivity contribution in [3.63, 3.8) is 0 Å². The molecule has 0 heterocycles. The van der Waals surface area contributed by atoms with Gasteiger partial charge in [0.25, 0.3) is 0 Å². The van der Waals surface area contributed by atoms with Gasteiger partial charge in [0.15, 0.2) is 0 Å². The largest absolute Gasteiger partial charge is 0.508 e. The molecule has 0 saturated carbocycles. The monoisotopic (exact) mass is 304 g/mol. The number of benzene rings is 2. The van der Waals surface area contributed by atoms with Gasteiger partial charge in [0.2, 0.25) is 0 Å². The Kier molecular flexibility index (Phi) is 5.12. The smallest absolute Gasteiger partial charge is 0.115 e. The number of aliphatic hydroxyl groups is 1. The van der Waals surface area contributed by atoms with E-state index in [1.165, 1.54) is 0 Å². The Balaban J connectivity index is 2.30. The van der Waals surface area contributed by atoms with Crippen molar-refractivity contribution >= 4 is 17.4 Å². The number of anilines is 1. The molecule has 0 amide bonds. The zero-order chi connectivity index (χ0) is 15.4. The SMILES string of the molecule is CN(C)Cc1cc(O)ccc1Sc1ccc(CO)cc1N. The number of nitrogens with zero attached hydrogens (tertiary/aromatic N) is 1. The van der Waals surface area contributed by atoms with Crippen LogP contribution in [0.15, 0.2) is 46.2 Å². The summed E-state index contributed by atoms with van der Waals surface area (Å²) in [5.41, 5.74) is 8.54. The summed E-state index contributed by atoms with van der Waals surface area (Å²) in [7, 11) is 3.98. The molecular weight excluding hydrogens is 284 g/mol. The predicted octanol–water partition coefficient (Wildman–Crippen LogP) is 2.68. The van der Waals surface area contributed by atoms with Gasteiger partial charge in [0.05, 0.1) is 6.61 Å². The molecule has 0 bridgehead atoms. The zero-order valence-corrected chi connectivity index (χ0v) is 13.0. The van der Waals surface area contributed by atoms with Gasteiger partial charge in [-0.3, -0.25) is 0 Å². The lowest BCUT2D eigenvalue weighted by Gasteiger charge is -2.15. The van der Waals surface area contributed by atoms with Gasteiger partial charge in [-0.1, -0.05) is 17.8 Å². The van der Waals surface area contributed by atoms with Crippen LogP contribution in [0, 0.1) is 0 Å². The topological polar surface area (TPSA) is 69.7 Å². The summed E-state index contributed by atoms with van der Waals surface area (Å²) in [6.45, 7) is 0.728. The maximum absolute atomic E-state index is 9.66. The summed E-state index contributed by atoms with van der Waals surface area (Å²) in [5, 5.41) is 18.8. The molecular formula is C16H20N2O2S. The van der Waals surface area contributed by atoms with E-state index in [1.807, 2.05) is 32.3 Å². The molecule has 21 heavy (non-hydrogen) atoms. The van der Waals surface area contributed by atoms with E-state index in [1.54, 1.807) is 30.0 Å². The highest BCUT2D eigenvalue weighted by molar-refractivity contribution is 7.99. The highest BCUT2D eigenvalue weighted by Gasteiger charge is 2.09. The van der Waals surface area contributed by atoms with Gasteiger partial charge in [-0.05, 0) is 55.6 Å². The van der Waals surface area contributed by atoms with E-state index in [0.717, 1.165) is 27.5 Å². The molecule has 0 saturated heterocycles. The lowest BCUT2D eigenvalue weighted by Crippen LogP contribution is -2.11. The minimum absolute atomic E-state index is 0.0137. The van der Waals surface area contributed by atoms with Crippen molar-refractivity contribution in [2.24, 2.45) is 0 Å². The summed E-state index contributed by atoms with van der Waals surface area (Å²) in [4.78, 5) is 4.06. The number of hydrogen-bond acceptors (Lipinski definition) is 5. The van der Waals surface area contributed by atoms with Crippen LogP contribution in [-0.2, 0) is 13.2 Å². The number of hydrogen-bond donors (Lipinski definition) is 3. The van der Waals surface area contributed by atoms with E-state index < -0.39 is 0 Å². The predicted molar refractivity (Wildman–Crippen MR) is 86.4 cm³/mol. The molecule has 0 fully saturated rings. The fourth-order valence-corrected chi connectivity index (χ4v) is 2.98. The van der Waals surface area contributed by atoms with E-state index in [4.69, 9.17) is 10.8 Å². The maximum atomic E-state index is 9.66. The summed E-state index contributed by atoms with van der Waals surface area (Å²) in [5.74, 6) is 0.264. The third-order valence-corrected chi connectivity index (χ3v) is 4.22. The summed E-state index contributed by atoms with van der Waals surface area (Å²) < 4.78 is 0. The number of phenolic OH excluding ortho intramolecular Hbond substituents is 1. The zero-order valence-electron chi connectivity index (χ0n) is 12.2. The second-order valence-electron chi connectivity index (χ2n) is 5.16. The molecule has 0 radical (unpaired) electrons. The van der Waals surface area contributed by atoms with Crippen molar-refractivity contribution in [2.45, 2.75) is 22.9 Å². The van der Waals surface area contributed by atoms with Gasteiger partial charge in [-0.25, -0.2) is 0 Å². The fraction of sp³-hybridized carbons (Fsp3) is 0.250. The van der Waals surface area contributed by atoms with Crippen LogP contribution in [-0.4, -0.2) is 29.2 Å². The van der Waals surface area contributed by atoms with Crippen molar-refractivity contribution in [2.75, 3.05) is 19.8 Å². The Hall–Kier alpha value is -1.69. The van der Waals surface area contributed by atoms with Crippen LogP contribution in [0.25, 0.3) is 0 Å². The Labute approximate surface area is 129 Å².